The molecule has 0 aliphatic heterocycles. The Morgan fingerprint density at radius 3 is 2.36 bits per heavy atom. The number of amides is 2. The number of aryl methyl sites for hydroxylation is 1. The van der Waals surface area contributed by atoms with E-state index < -0.39 is 17.8 Å². The number of carbonyl (C=O) groups is 3. The number of anilines is 1. The summed E-state index contributed by atoms with van der Waals surface area (Å²) >= 11 is 2.22. The molecule has 8 nitrogen and oxygen atoms in total. The van der Waals surface area contributed by atoms with Gasteiger partial charge in [0.1, 0.15) is 15.4 Å². The fraction of sp³-hybridized carbons (Fsp3) is 0.267. The zero-order valence-corrected chi connectivity index (χ0v) is 15.4. The van der Waals surface area contributed by atoms with E-state index >= 15 is 0 Å². The molecule has 0 atom stereocenters. The summed E-state index contributed by atoms with van der Waals surface area (Å²) in [6.45, 7) is 4.09. The number of nitrogens with zero attached hydrogens (tertiary/aromatic N) is 2. The molecule has 0 aromatic carbocycles. The van der Waals surface area contributed by atoms with E-state index in [1.807, 2.05) is 0 Å². The van der Waals surface area contributed by atoms with Crippen LogP contribution >= 0.6 is 22.7 Å². The van der Waals surface area contributed by atoms with Gasteiger partial charge in [-0.05, 0) is 6.92 Å². The highest BCUT2D eigenvalue weighted by Crippen LogP contribution is 2.46. The van der Waals surface area contributed by atoms with Crippen LogP contribution in [-0.4, -0.2) is 34.9 Å². The van der Waals surface area contributed by atoms with Gasteiger partial charge in [-0.25, -0.2) is 14.7 Å². The first kappa shape index (κ1) is 17.2. The van der Waals surface area contributed by atoms with Gasteiger partial charge in [0.05, 0.1) is 27.7 Å². The van der Waals surface area contributed by atoms with Gasteiger partial charge >= 0.3 is 5.97 Å². The Labute approximate surface area is 149 Å². The zero-order valence-electron chi connectivity index (χ0n) is 13.8. The minimum Gasteiger partial charge on any atom is -0.465 e. The van der Waals surface area contributed by atoms with Crippen LogP contribution < -0.4 is 10.5 Å². The average Bonchev–Trinajstić information content (AvgIpc) is 3.04. The summed E-state index contributed by atoms with van der Waals surface area (Å²) in [5.41, 5.74) is 0.171. The number of aromatic amines is 1. The summed E-state index contributed by atoms with van der Waals surface area (Å²) in [5, 5.41) is 0.435. The number of thiophene rings is 2. The van der Waals surface area contributed by atoms with E-state index in [9.17, 15) is 19.2 Å². The van der Waals surface area contributed by atoms with Crippen LogP contribution in [-0.2, 0) is 14.3 Å². The number of hydrogen-bond donors (Lipinski definition) is 1. The van der Waals surface area contributed by atoms with Crippen molar-refractivity contribution in [2.24, 2.45) is 0 Å². The Morgan fingerprint density at radius 1 is 1.16 bits per heavy atom. The number of H-pyrrole nitrogens is 1. The first-order chi connectivity index (χ1) is 11.8. The minimum atomic E-state index is -0.661. The van der Waals surface area contributed by atoms with Crippen molar-refractivity contribution < 1.29 is 19.1 Å². The van der Waals surface area contributed by atoms with Gasteiger partial charge in [0.2, 0.25) is 11.8 Å². The van der Waals surface area contributed by atoms with Crippen molar-refractivity contribution in [3.63, 3.8) is 0 Å². The van der Waals surface area contributed by atoms with Gasteiger partial charge < -0.3 is 9.72 Å². The molecule has 0 fully saturated rings. The Morgan fingerprint density at radius 2 is 1.80 bits per heavy atom. The molecule has 0 saturated carbocycles. The number of ether oxygens (including phenoxy) is 1. The Kier molecular flexibility index (Phi) is 4.17. The topological polar surface area (TPSA) is 109 Å². The number of fused-ring (bicyclic) bond motifs is 3. The number of hydrogen-bond acceptors (Lipinski definition) is 8. The summed E-state index contributed by atoms with van der Waals surface area (Å²) in [4.78, 5) is 56.5. The van der Waals surface area contributed by atoms with E-state index in [4.69, 9.17) is 4.74 Å². The van der Waals surface area contributed by atoms with E-state index in [0.717, 1.165) is 27.6 Å². The number of nitrogens with one attached hydrogen (secondary N) is 1. The third-order valence-corrected chi connectivity index (χ3v) is 5.93. The highest BCUT2D eigenvalue weighted by Gasteiger charge is 2.31. The molecule has 3 rings (SSSR count). The predicted octanol–water partition coefficient (Wildman–Crippen LogP) is 2.19. The lowest BCUT2D eigenvalue weighted by Crippen LogP contribution is -2.34. The summed E-state index contributed by atoms with van der Waals surface area (Å²) in [7, 11) is 1.22. The van der Waals surface area contributed by atoms with E-state index in [2.05, 4.69) is 9.97 Å². The fourth-order valence-corrected chi connectivity index (χ4v) is 5.07. The predicted molar refractivity (Wildman–Crippen MR) is 95.5 cm³/mol. The van der Waals surface area contributed by atoms with Gasteiger partial charge in [0.25, 0.3) is 5.56 Å². The molecule has 10 heteroatoms. The lowest BCUT2D eigenvalue weighted by atomic mass is 10.2. The first-order valence-electron chi connectivity index (χ1n) is 7.11. The number of carbonyl (C=O) groups excluding carboxylic acids is 3. The second-order valence-electron chi connectivity index (χ2n) is 5.24. The summed E-state index contributed by atoms with van der Waals surface area (Å²) in [6.07, 6.45) is 0. The van der Waals surface area contributed by atoms with E-state index in [1.165, 1.54) is 21.0 Å². The van der Waals surface area contributed by atoms with Crippen LogP contribution in [0.5, 0.6) is 0 Å². The van der Waals surface area contributed by atoms with E-state index in [1.54, 1.807) is 6.92 Å². The van der Waals surface area contributed by atoms with E-state index in [-0.39, 0.29) is 16.1 Å². The Bertz CT molecular complexity index is 1090. The third kappa shape index (κ3) is 2.63. The van der Waals surface area contributed by atoms with Crippen LogP contribution in [0.15, 0.2) is 4.79 Å². The van der Waals surface area contributed by atoms with Crippen LogP contribution in [0.25, 0.3) is 19.6 Å². The molecule has 2 amide bonds. The smallest absolute Gasteiger partial charge is 0.350 e. The maximum absolute atomic E-state index is 12.2. The van der Waals surface area contributed by atoms with Crippen LogP contribution in [0.1, 0.15) is 29.3 Å². The quantitative estimate of drug-likeness (QED) is 0.684. The molecule has 3 aromatic rings. The monoisotopic (exact) mass is 379 g/mol. The SMILES string of the molecule is COC(=O)c1sc2sc3c(=O)[nH]c(C)nc3c2c1N(C(C)=O)C(C)=O. The van der Waals surface area contributed by atoms with Crippen LogP contribution in [0.2, 0.25) is 0 Å². The molecular weight excluding hydrogens is 366 g/mol. The molecule has 0 radical (unpaired) electrons. The van der Waals surface area contributed by atoms with Gasteiger partial charge in [0, 0.05) is 13.8 Å². The van der Waals surface area contributed by atoms with Crippen molar-refractivity contribution in [1.29, 1.82) is 0 Å². The molecule has 130 valence electrons. The highest BCUT2D eigenvalue weighted by atomic mass is 32.2. The summed E-state index contributed by atoms with van der Waals surface area (Å²) < 4.78 is 5.77. The van der Waals surface area contributed by atoms with E-state index in [0.29, 0.717) is 25.4 Å². The first-order valence-corrected chi connectivity index (χ1v) is 8.75. The van der Waals surface area contributed by atoms with Gasteiger partial charge in [-0.1, -0.05) is 0 Å². The molecule has 0 aliphatic rings. The van der Waals surface area contributed by atoms with Gasteiger partial charge in [-0.3, -0.25) is 14.4 Å². The number of aromatic nitrogens is 2. The normalized spacial score (nSPS) is 11.0. The number of methoxy groups -OCH3 is 1. The van der Waals surface area contributed by atoms with Crippen molar-refractivity contribution in [3.8, 4) is 0 Å². The van der Waals surface area contributed by atoms with Crippen LogP contribution in [0.3, 0.4) is 0 Å². The van der Waals surface area contributed by atoms with Crippen molar-refractivity contribution in [3.05, 3.63) is 21.1 Å². The standard InChI is InChI=1S/C15H13N3O5S2/c1-5-16-9-8-10(18(6(2)19)7(3)20)12(14(22)23-4)25-15(8)24-11(9)13(21)17-5/h1-4H3,(H,16,17,21). The second kappa shape index (κ2) is 6.05. The molecule has 3 aromatic heterocycles. The third-order valence-electron chi connectivity index (χ3n) is 3.50. The summed E-state index contributed by atoms with van der Waals surface area (Å²) in [6, 6.07) is 0. The van der Waals surface area contributed by atoms with Crippen molar-refractivity contribution in [2.75, 3.05) is 12.0 Å². The largest absolute Gasteiger partial charge is 0.465 e. The molecule has 0 unspecified atom stereocenters. The molecule has 0 spiro atoms. The van der Waals surface area contributed by atoms with Crippen LogP contribution in [0, 0.1) is 6.92 Å². The van der Waals surface area contributed by atoms with Gasteiger partial charge in [0.15, 0.2) is 0 Å². The molecule has 3 heterocycles. The zero-order chi connectivity index (χ0) is 18.5. The van der Waals surface area contributed by atoms with Gasteiger partial charge in [-0.2, -0.15) is 0 Å². The summed E-state index contributed by atoms with van der Waals surface area (Å²) in [5.74, 6) is -1.35. The number of rotatable bonds is 2. The fourth-order valence-electron chi connectivity index (χ4n) is 2.60. The number of imide groups is 1. The highest BCUT2D eigenvalue weighted by molar-refractivity contribution is 7.42. The molecule has 0 bridgehead atoms. The molecule has 0 aliphatic carbocycles. The van der Waals surface area contributed by atoms with Crippen molar-refractivity contribution >= 4 is 65.8 Å². The molecule has 0 saturated heterocycles. The van der Waals surface area contributed by atoms with Crippen molar-refractivity contribution in [1.82, 2.24) is 9.97 Å². The molecular formula is C15H13N3O5S2. The van der Waals surface area contributed by atoms with Crippen molar-refractivity contribution in [2.45, 2.75) is 20.8 Å². The molecule has 25 heavy (non-hydrogen) atoms. The van der Waals surface area contributed by atoms with Crippen LogP contribution in [0.4, 0.5) is 5.69 Å². The maximum Gasteiger partial charge on any atom is 0.350 e. The van der Waals surface area contributed by atoms with Gasteiger partial charge in [-0.15, -0.1) is 22.7 Å². The Balaban J connectivity index is 2.52. The Hall–Kier alpha value is -2.59. The lowest BCUT2D eigenvalue weighted by Gasteiger charge is -2.17. The maximum atomic E-state index is 12.2. The minimum absolute atomic E-state index is 0.121. The number of esters is 1. The lowest BCUT2D eigenvalue weighted by molar-refractivity contribution is -0.124. The second-order valence-corrected chi connectivity index (χ2v) is 7.54. The average molecular weight is 379 g/mol. The molecule has 1 N–H and O–H groups in total.